The second kappa shape index (κ2) is 9.57. The van der Waals surface area contributed by atoms with Gasteiger partial charge in [-0.25, -0.2) is 0 Å². The highest BCUT2D eigenvalue weighted by molar-refractivity contribution is 7.99. The Morgan fingerprint density at radius 3 is 2.57 bits per heavy atom. The molecule has 1 aromatic heterocycles. The third kappa shape index (κ3) is 6.27. The molecule has 0 unspecified atom stereocenters. The van der Waals surface area contributed by atoms with Crippen molar-refractivity contribution >= 4 is 23.6 Å². The van der Waals surface area contributed by atoms with E-state index in [-0.39, 0.29) is 23.1 Å². The number of aromatic nitrogens is 4. The van der Waals surface area contributed by atoms with Crippen molar-refractivity contribution in [2.75, 3.05) is 38.5 Å². The van der Waals surface area contributed by atoms with E-state index in [1.807, 2.05) is 56.9 Å². The number of benzene rings is 1. The molecule has 162 valence electrons. The number of thioether (sulfide) groups is 1. The summed E-state index contributed by atoms with van der Waals surface area (Å²) < 4.78 is 1.65. The molecule has 2 amide bonds. The lowest BCUT2D eigenvalue weighted by Gasteiger charge is -2.34. The van der Waals surface area contributed by atoms with Crippen molar-refractivity contribution in [2.24, 2.45) is 0 Å². The van der Waals surface area contributed by atoms with Crippen LogP contribution in [0.1, 0.15) is 26.3 Å². The average molecular weight is 432 g/mol. The lowest BCUT2D eigenvalue weighted by atomic mass is 10.1. The van der Waals surface area contributed by atoms with Crippen LogP contribution in [0.2, 0.25) is 0 Å². The van der Waals surface area contributed by atoms with Gasteiger partial charge in [0.1, 0.15) is 0 Å². The van der Waals surface area contributed by atoms with Gasteiger partial charge in [0.15, 0.2) is 0 Å². The topological polar surface area (TPSA) is 96.2 Å². The molecule has 3 rings (SSSR count). The molecule has 0 aliphatic carbocycles. The summed E-state index contributed by atoms with van der Waals surface area (Å²) in [5.74, 6) is 0.342. The van der Waals surface area contributed by atoms with E-state index in [1.165, 1.54) is 11.8 Å². The first-order chi connectivity index (χ1) is 14.2. The molecule has 0 saturated carbocycles. The highest BCUT2D eigenvalue weighted by atomic mass is 32.2. The van der Waals surface area contributed by atoms with Crippen LogP contribution in [0.15, 0.2) is 29.4 Å². The molecule has 1 aliphatic rings. The highest BCUT2D eigenvalue weighted by Crippen LogP contribution is 2.19. The van der Waals surface area contributed by atoms with E-state index < -0.39 is 0 Å². The minimum Gasteiger partial charge on any atom is -0.350 e. The van der Waals surface area contributed by atoms with Crippen molar-refractivity contribution in [1.82, 2.24) is 35.3 Å². The summed E-state index contributed by atoms with van der Waals surface area (Å²) in [7, 11) is 0. The zero-order valence-electron chi connectivity index (χ0n) is 18.0. The summed E-state index contributed by atoms with van der Waals surface area (Å²) in [4.78, 5) is 28.6. The van der Waals surface area contributed by atoms with Crippen molar-refractivity contribution < 1.29 is 9.59 Å². The quantitative estimate of drug-likeness (QED) is 0.685. The van der Waals surface area contributed by atoms with Gasteiger partial charge in [-0.05, 0) is 55.8 Å². The number of amides is 2. The summed E-state index contributed by atoms with van der Waals surface area (Å²) >= 11 is 1.33. The lowest BCUT2D eigenvalue weighted by Crippen LogP contribution is -2.53. The molecule has 30 heavy (non-hydrogen) atoms. The number of aryl methyl sites for hydroxylation is 1. The van der Waals surface area contributed by atoms with Crippen LogP contribution in [0.3, 0.4) is 0 Å². The first-order valence-electron chi connectivity index (χ1n) is 10.0. The maximum absolute atomic E-state index is 12.6. The van der Waals surface area contributed by atoms with E-state index >= 15 is 0 Å². The molecule has 0 spiro atoms. The molecule has 0 bridgehead atoms. The molecule has 1 saturated heterocycles. The van der Waals surface area contributed by atoms with E-state index in [4.69, 9.17) is 0 Å². The van der Waals surface area contributed by atoms with Gasteiger partial charge in [0.25, 0.3) is 0 Å². The van der Waals surface area contributed by atoms with Crippen LogP contribution >= 0.6 is 11.8 Å². The Balaban J connectivity index is 1.47. The predicted molar refractivity (Wildman–Crippen MR) is 116 cm³/mol. The number of tetrazole rings is 1. The van der Waals surface area contributed by atoms with Crippen LogP contribution in [0.4, 0.5) is 0 Å². The Morgan fingerprint density at radius 1 is 1.17 bits per heavy atom. The molecule has 1 fully saturated rings. The molecule has 0 radical (unpaired) electrons. The van der Waals surface area contributed by atoms with Gasteiger partial charge in [-0.2, -0.15) is 4.68 Å². The Hall–Kier alpha value is -2.46. The SMILES string of the molecule is Cc1cccc(-n2nnnc2SCC(=O)N2CCN(CC(=O)NC(C)(C)C)CC2)c1. The number of rotatable bonds is 6. The second-order valence-corrected chi connectivity index (χ2v) is 9.40. The minimum atomic E-state index is -0.236. The minimum absolute atomic E-state index is 0.0146. The Morgan fingerprint density at radius 2 is 1.90 bits per heavy atom. The van der Waals surface area contributed by atoms with Gasteiger partial charge >= 0.3 is 0 Å². The molecule has 2 heterocycles. The predicted octanol–water partition coefficient (Wildman–Crippen LogP) is 1.12. The van der Waals surface area contributed by atoms with Crippen LogP contribution in [0.25, 0.3) is 5.69 Å². The maximum Gasteiger partial charge on any atom is 0.234 e. The third-order valence-electron chi connectivity index (χ3n) is 4.62. The average Bonchev–Trinajstić information content (AvgIpc) is 3.14. The van der Waals surface area contributed by atoms with Crippen LogP contribution < -0.4 is 5.32 Å². The fraction of sp³-hybridized carbons (Fsp3) is 0.550. The Kier molecular flexibility index (Phi) is 7.09. The van der Waals surface area contributed by atoms with E-state index in [9.17, 15) is 9.59 Å². The van der Waals surface area contributed by atoms with E-state index in [0.29, 0.717) is 37.9 Å². The highest BCUT2D eigenvalue weighted by Gasteiger charge is 2.24. The van der Waals surface area contributed by atoms with Crippen LogP contribution in [0, 0.1) is 6.92 Å². The van der Waals surface area contributed by atoms with E-state index in [2.05, 4.69) is 25.7 Å². The molecule has 1 aliphatic heterocycles. The monoisotopic (exact) mass is 431 g/mol. The van der Waals surface area contributed by atoms with Crippen molar-refractivity contribution in [1.29, 1.82) is 0 Å². The van der Waals surface area contributed by atoms with Gasteiger partial charge in [0, 0.05) is 31.7 Å². The summed E-state index contributed by atoms with van der Waals surface area (Å²) in [6.45, 7) is 10.9. The number of hydrogen-bond acceptors (Lipinski definition) is 7. The largest absolute Gasteiger partial charge is 0.350 e. The third-order valence-corrected chi connectivity index (χ3v) is 5.52. The molecule has 0 atom stereocenters. The summed E-state index contributed by atoms with van der Waals surface area (Å²) in [6, 6.07) is 7.89. The molecular formula is C20H29N7O2S. The van der Waals surface area contributed by atoms with Crippen LogP contribution in [-0.2, 0) is 9.59 Å². The number of carbonyl (C=O) groups is 2. The van der Waals surface area contributed by atoms with Gasteiger partial charge in [-0.15, -0.1) is 5.10 Å². The second-order valence-electron chi connectivity index (χ2n) is 8.46. The van der Waals surface area contributed by atoms with Gasteiger partial charge in [0.05, 0.1) is 18.0 Å². The first-order valence-corrected chi connectivity index (χ1v) is 11.0. The molecule has 1 N–H and O–H groups in total. The molecule has 1 aromatic carbocycles. The molecule has 9 nitrogen and oxygen atoms in total. The van der Waals surface area contributed by atoms with Crippen LogP contribution in [0.5, 0.6) is 0 Å². The fourth-order valence-corrected chi connectivity index (χ4v) is 4.02. The van der Waals surface area contributed by atoms with Crippen molar-refractivity contribution in [3.63, 3.8) is 0 Å². The smallest absolute Gasteiger partial charge is 0.234 e. The molecule has 10 heteroatoms. The maximum atomic E-state index is 12.6. The first kappa shape index (κ1) is 22.2. The summed E-state index contributed by atoms with van der Waals surface area (Å²) in [5.41, 5.74) is 1.75. The van der Waals surface area contributed by atoms with Gasteiger partial charge in [-0.1, -0.05) is 23.9 Å². The Labute approximate surface area is 181 Å². The molecular weight excluding hydrogens is 402 g/mol. The Bertz CT molecular complexity index is 885. The van der Waals surface area contributed by atoms with Crippen molar-refractivity contribution in [2.45, 2.75) is 38.4 Å². The van der Waals surface area contributed by atoms with Gasteiger partial charge in [-0.3, -0.25) is 14.5 Å². The zero-order chi connectivity index (χ0) is 21.7. The number of carbonyl (C=O) groups excluding carboxylic acids is 2. The summed E-state index contributed by atoms with van der Waals surface area (Å²) in [5, 5.41) is 15.4. The number of piperazine rings is 1. The molecule has 2 aromatic rings. The summed E-state index contributed by atoms with van der Waals surface area (Å²) in [6.07, 6.45) is 0. The number of nitrogens with zero attached hydrogens (tertiary/aromatic N) is 6. The zero-order valence-corrected chi connectivity index (χ0v) is 18.8. The number of nitrogens with one attached hydrogen (secondary N) is 1. The van der Waals surface area contributed by atoms with E-state index in [0.717, 1.165) is 11.3 Å². The van der Waals surface area contributed by atoms with Crippen molar-refractivity contribution in [3.05, 3.63) is 29.8 Å². The standard InChI is InChI=1S/C20H29N7O2S/c1-15-6-5-7-16(12-15)27-19(22-23-24-27)30-14-18(29)26-10-8-25(9-11-26)13-17(28)21-20(2,3)4/h5-7,12H,8-11,13-14H2,1-4H3,(H,21,28). The fourth-order valence-electron chi connectivity index (χ4n) is 3.22. The number of hydrogen-bond donors (Lipinski definition) is 1. The van der Waals surface area contributed by atoms with Gasteiger partial charge < -0.3 is 10.2 Å². The van der Waals surface area contributed by atoms with Crippen LogP contribution in [-0.4, -0.2) is 85.8 Å². The van der Waals surface area contributed by atoms with E-state index in [1.54, 1.807) is 4.68 Å². The van der Waals surface area contributed by atoms with Crippen molar-refractivity contribution in [3.8, 4) is 5.69 Å². The van der Waals surface area contributed by atoms with Gasteiger partial charge in [0.2, 0.25) is 17.0 Å². The lowest BCUT2D eigenvalue weighted by molar-refractivity contribution is -0.130. The normalized spacial score (nSPS) is 15.3.